The second kappa shape index (κ2) is 5.26. The van der Waals surface area contributed by atoms with Crippen molar-refractivity contribution in [1.82, 2.24) is 15.1 Å². The highest BCUT2D eigenvalue weighted by Gasteiger charge is 2.32. The Kier molecular flexibility index (Phi) is 3.98. The molecule has 0 saturated carbocycles. The van der Waals surface area contributed by atoms with Gasteiger partial charge in [-0.2, -0.15) is 0 Å². The van der Waals surface area contributed by atoms with Crippen molar-refractivity contribution in [2.45, 2.75) is 45.8 Å². The van der Waals surface area contributed by atoms with Crippen LogP contribution in [-0.2, 0) is 11.0 Å². The van der Waals surface area contributed by atoms with Crippen LogP contribution in [0.25, 0.3) is 0 Å². The standard InChI is InChI=1S/C12H23N5OSi2/c1-19(2,3)16-17-11-10(13-7-8-14-11)9-15-12(17)18-20(4,5)6/h7-8,16H,9H2,1-6H3. The molecule has 0 bridgehead atoms. The first-order chi connectivity index (χ1) is 9.16. The van der Waals surface area contributed by atoms with E-state index >= 15 is 0 Å². The quantitative estimate of drug-likeness (QED) is 0.868. The molecular weight excluding hydrogens is 286 g/mol. The van der Waals surface area contributed by atoms with E-state index < -0.39 is 16.6 Å². The van der Waals surface area contributed by atoms with Gasteiger partial charge in [0.05, 0.1) is 6.54 Å². The molecule has 20 heavy (non-hydrogen) atoms. The van der Waals surface area contributed by atoms with E-state index in [9.17, 15) is 0 Å². The number of anilines is 1. The SMILES string of the molecule is C[Si](C)(C)NN1C(O[Si](C)(C)C)=NCc2nccnc21. The molecule has 0 spiro atoms. The molecule has 0 fully saturated rings. The van der Waals surface area contributed by atoms with Crippen LogP contribution in [0, 0.1) is 0 Å². The molecule has 2 rings (SSSR count). The molecule has 1 aliphatic rings. The number of aromatic nitrogens is 2. The summed E-state index contributed by atoms with van der Waals surface area (Å²) in [6.07, 6.45) is 3.40. The Morgan fingerprint density at radius 3 is 2.35 bits per heavy atom. The zero-order chi connectivity index (χ0) is 15.0. The zero-order valence-electron chi connectivity index (χ0n) is 13.1. The molecule has 110 valence electrons. The Balaban J connectivity index is 2.35. The average molecular weight is 310 g/mol. The smallest absolute Gasteiger partial charge is 0.294 e. The van der Waals surface area contributed by atoms with Crippen molar-refractivity contribution in [3.8, 4) is 0 Å². The van der Waals surface area contributed by atoms with Gasteiger partial charge in [0, 0.05) is 12.4 Å². The lowest BCUT2D eigenvalue weighted by Crippen LogP contribution is -2.58. The third-order valence-corrected chi connectivity index (χ3v) is 4.05. The molecule has 2 heterocycles. The van der Waals surface area contributed by atoms with Gasteiger partial charge >= 0.3 is 0 Å². The molecule has 0 unspecified atom stereocenters. The average Bonchev–Trinajstić information content (AvgIpc) is 2.29. The van der Waals surface area contributed by atoms with Gasteiger partial charge in [-0.25, -0.2) is 20.1 Å². The molecule has 0 aliphatic carbocycles. The fourth-order valence-corrected chi connectivity index (χ4v) is 3.33. The van der Waals surface area contributed by atoms with E-state index in [1.54, 1.807) is 12.4 Å². The highest BCUT2D eigenvalue weighted by atomic mass is 28.4. The zero-order valence-corrected chi connectivity index (χ0v) is 15.1. The minimum atomic E-state index is -1.73. The van der Waals surface area contributed by atoms with Crippen LogP contribution in [0.5, 0.6) is 0 Å². The van der Waals surface area contributed by atoms with Gasteiger partial charge in [0.1, 0.15) is 13.9 Å². The Morgan fingerprint density at radius 2 is 1.75 bits per heavy atom. The molecule has 0 radical (unpaired) electrons. The predicted octanol–water partition coefficient (Wildman–Crippen LogP) is 2.34. The third kappa shape index (κ3) is 3.87. The summed E-state index contributed by atoms with van der Waals surface area (Å²) in [6.45, 7) is 13.6. The monoisotopic (exact) mass is 309 g/mol. The van der Waals surface area contributed by atoms with E-state index in [2.05, 4.69) is 59.3 Å². The molecule has 0 amide bonds. The molecule has 1 aromatic heterocycles. The van der Waals surface area contributed by atoms with E-state index in [0.717, 1.165) is 11.5 Å². The maximum absolute atomic E-state index is 6.10. The lowest BCUT2D eigenvalue weighted by atomic mass is 10.3. The Bertz CT molecular complexity index is 521. The van der Waals surface area contributed by atoms with Gasteiger partial charge in [0.25, 0.3) is 6.02 Å². The number of nitrogens with one attached hydrogen (secondary N) is 1. The Labute approximate surface area is 122 Å². The van der Waals surface area contributed by atoms with Crippen molar-refractivity contribution in [3.63, 3.8) is 0 Å². The molecule has 0 atom stereocenters. The van der Waals surface area contributed by atoms with Crippen LogP contribution < -0.4 is 10.1 Å². The topological polar surface area (TPSA) is 62.6 Å². The lowest BCUT2D eigenvalue weighted by Gasteiger charge is -2.36. The van der Waals surface area contributed by atoms with Crippen LogP contribution in [0.1, 0.15) is 5.69 Å². The van der Waals surface area contributed by atoms with Crippen LogP contribution in [0.3, 0.4) is 0 Å². The van der Waals surface area contributed by atoms with Crippen molar-refractivity contribution < 1.29 is 4.43 Å². The van der Waals surface area contributed by atoms with Crippen LogP contribution in [0.2, 0.25) is 39.3 Å². The predicted molar refractivity (Wildman–Crippen MR) is 86.6 cm³/mol. The lowest BCUT2D eigenvalue weighted by molar-refractivity contribution is 0.515. The van der Waals surface area contributed by atoms with Crippen LogP contribution in [0.15, 0.2) is 17.4 Å². The summed E-state index contributed by atoms with van der Waals surface area (Å²) < 4.78 is 6.10. The van der Waals surface area contributed by atoms with Crippen LogP contribution in [0.4, 0.5) is 5.82 Å². The summed E-state index contributed by atoms with van der Waals surface area (Å²) in [4.78, 5) is 13.3. The van der Waals surface area contributed by atoms with Crippen LogP contribution in [-0.4, -0.2) is 32.5 Å². The van der Waals surface area contributed by atoms with E-state index in [1.807, 2.05) is 5.01 Å². The van der Waals surface area contributed by atoms with Crippen molar-refractivity contribution >= 4 is 28.4 Å². The number of rotatable bonds is 3. The third-order valence-electron chi connectivity index (χ3n) is 2.36. The largest absolute Gasteiger partial charge is 0.518 e. The van der Waals surface area contributed by atoms with E-state index in [4.69, 9.17) is 4.43 Å². The minimum Gasteiger partial charge on any atom is -0.518 e. The second-order valence-corrected chi connectivity index (χ2v) is 16.0. The minimum absolute atomic E-state index is 0.521. The highest BCUT2D eigenvalue weighted by molar-refractivity contribution is 6.74. The van der Waals surface area contributed by atoms with Gasteiger partial charge in [0.2, 0.25) is 8.32 Å². The molecule has 6 nitrogen and oxygen atoms in total. The molecule has 1 aliphatic heterocycles. The molecule has 1 aromatic rings. The van der Waals surface area contributed by atoms with Crippen molar-refractivity contribution in [2.75, 3.05) is 5.01 Å². The summed E-state index contributed by atoms with van der Waals surface area (Å²) in [5.41, 5.74) is 0.876. The van der Waals surface area contributed by atoms with Gasteiger partial charge in [0.15, 0.2) is 5.82 Å². The molecule has 0 aromatic carbocycles. The van der Waals surface area contributed by atoms with Crippen molar-refractivity contribution in [3.05, 3.63) is 18.1 Å². The fraction of sp³-hybridized carbons (Fsp3) is 0.583. The number of hydrogen-bond acceptors (Lipinski definition) is 6. The van der Waals surface area contributed by atoms with Crippen molar-refractivity contribution in [1.29, 1.82) is 0 Å². The van der Waals surface area contributed by atoms with Crippen molar-refractivity contribution in [2.24, 2.45) is 4.99 Å². The van der Waals surface area contributed by atoms with Crippen LogP contribution >= 0.6 is 0 Å². The highest BCUT2D eigenvalue weighted by Crippen LogP contribution is 2.22. The first-order valence-electron chi connectivity index (χ1n) is 6.77. The maximum Gasteiger partial charge on any atom is 0.294 e. The number of nitrogens with zero attached hydrogens (tertiary/aromatic N) is 4. The number of fused-ring (bicyclic) bond motifs is 1. The van der Waals surface area contributed by atoms with Gasteiger partial charge in [-0.3, -0.25) is 4.98 Å². The maximum atomic E-state index is 6.10. The van der Waals surface area contributed by atoms with Gasteiger partial charge in [-0.15, -0.1) is 0 Å². The normalized spacial score (nSPS) is 15.7. The Hall–Kier alpha value is -1.26. The second-order valence-electron chi connectivity index (χ2n) is 6.84. The molecular formula is C12H23N5OSi2. The Morgan fingerprint density at radius 1 is 1.10 bits per heavy atom. The van der Waals surface area contributed by atoms with Gasteiger partial charge in [-0.05, 0) is 19.6 Å². The van der Waals surface area contributed by atoms with E-state index in [-0.39, 0.29) is 0 Å². The number of hydrazine groups is 1. The fourth-order valence-electron chi connectivity index (χ4n) is 1.75. The van der Waals surface area contributed by atoms with E-state index in [1.165, 1.54) is 0 Å². The number of amidine groups is 1. The number of hydrogen-bond donors (Lipinski definition) is 1. The van der Waals surface area contributed by atoms with E-state index in [0.29, 0.717) is 12.6 Å². The van der Waals surface area contributed by atoms with Gasteiger partial charge in [-0.1, -0.05) is 19.6 Å². The summed E-state index contributed by atoms with van der Waals surface area (Å²) in [5, 5.41) is 5.41. The number of aliphatic imine (C=N–C) groups is 1. The van der Waals surface area contributed by atoms with Gasteiger partial charge < -0.3 is 4.43 Å². The molecule has 1 N–H and O–H groups in total. The summed E-state index contributed by atoms with van der Waals surface area (Å²) >= 11 is 0. The molecule has 8 heteroatoms. The first kappa shape index (κ1) is 15.1. The molecule has 0 saturated heterocycles. The summed E-state index contributed by atoms with van der Waals surface area (Å²) in [7, 11) is -3.30. The first-order valence-corrected chi connectivity index (χ1v) is 13.7. The summed E-state index contributed by atoms with van der Waals surface area (Å²) in [5.74, 6) is 0.804. The summed E-state index contributed by atoms with van der Waals surface area (Å²) in [6, 6.07) is 0.625.